The molecule has 2 aromatic carbocycles. The predicted octanol–water partition coefficient (Wildman–Crippen LogP) is 4.78. The fourth-order valence-corrected chi connectivity index (χ4v) is 3.09. The zero-order valence-electron chi connectivity index (χ0n) is 11.9. The molecule has 1 nitrogen and oxygen atoms in total. The van der Waals surface area contributed by atoms with Crippen molar-refractivity contribution in [2.45, 2.75) is 37.7 Å². The second-order valence-corrected chi connectivity index (χ2v) is 5.60. The summed E-state index contributed by atoms with van der Waals surface area (Å²) in [6.45, 7) is 0.932. The summed E-state index contributed by atoms with van der Waals surface area (Å²) < 4.78 is 5.95. The Hall–Kier alpha value is -1.60. The maximum atomic E-state index is 5.95. The van der Waals surface area contributed by atoms with Gasteiger partial charge in [-0.15, -0.1) is 0 Å². The zero-order valence-corrected chi connectivity index (χ0v) is 11.9. The van der Waals surface area contributed by atoms with Crippen molar-refractivity contribution in [1.82, 2.24) is 0 Å². The van der Waals surface area contributed by atoms with Gasteiger partial charge in [0.25, 0.3) is 0 Å². The highest BCUT2D eigenvalue weighted by Crippen LogP contribution is 2.32. The SMILES string of the molecule is c1ccc(C(CC2CCCCO2)c2ccccc2)cc1. The number of ether oxygens (including phenoxy) is 1. The Morgan fingerprint density at radius 3 is 1.95 bits per heavy atom. The monoisotopic (exact) mass is 266 g/mol. The molecule has 0 bridgehead atoms. The van der Waals surface area contributed by atoms with E-state index in [1.807, 2.05) is 0 Å². The maximum Gasteiger partial charge on any atom is 0.0584 e. The van der Waals surface area contributed by atoms with E-state index in [-0.39, 0.29) is 0 Å². The fourth-order valence-electron chi connectivity index (χ4n) is 3.09. The van der Waals surface area contributed by atoms with Crippen LogP contribution in [0.1, 0.15) is 42.7 Å². The lowest BCUT2D eigenvalue weighted by molar-refractivity contribution is 0.00891. The minimum absolute atomic E-state index is 0.411. The predicted molar refractivity (Wildman–Crippen MR) is 82.9 cm³/mol. The van der Waals surface area contributed by atoms with E-state index in [0.717, 1.165) is 13.0 Å². The molecule has 0 spiro atoms. The van der Waals surface area contributed by atoms with Crippen molar-refractivity contribution in [1.29, 1.82) is 0 Å². The second kappa shape index (κ2) is 6.71. The first kappa shape index (κ1) is 13.4. The van der Waals surface area contributed by atoms with Crippen LogP contribution in [-0.2, 0) is 4.74 Å². The Balaban J connectivity index is 1.83. The molecule has 20 heavy (non-hydrogen) atoms. The number of hydrogen-bond donors (Lipinski definition) is 0. The lowest BCUT2D eigenvalue weighted by Crippen LogP contribution is -2.22. The van der Waals surface area contributed by atoms with E-state index >= 15 is 0 Å². The molecule has 3 rings (SSSR count). The Morgan fingerprint density at radius 2 is 1.45 bits per heavy atom. The van der Waals surface area contributed by atoms with Crippen molar-refractivity contribution < 1.29 is 4.74 Å². The molecule has 1 aliphatic heterocycles. The van der Waals surface area contributed by atoms with Gasteiger partial charge in [-0.05, 0) is 36.8 Å². The lowest BCUT2D eigenvalue weighted by Gasteiger charge is -2.27. The number of hydrogen-bond acceptors (Lipinski definition) is 1. The lowest BCUT2D eigenvalue weighted by atomic mass is 9.85. The summed E-state index contributed by atoms with van der Waals surface area (Å²) in [4.78, 5) is 0. The first-order valence-corrected chi connectivity index (χ1v) is 7.65. The second-order valence-electron chi connectivity index (χ2n) is 5.60. The fraction of sp³-hybridized carbons (Fsp3) is 0.368. The van der Waals surface area contributed by atoms with Crippen LogP contribution in [0.2, 0.25) is 0 Å². The summed E-state index contributed by atoms with van der Waals surface area (Å²) >= 11 is 0. The van der Waals surface area contributed by atoms with Gasteiger partial charge < -0.3 is 4.74 Å². The smallest absolute Gasteiger partial charge is 0.0584 e. The molecule has 0 radical (unpaired) electrons. The van der Waals surface area contributed by atoms with Crippen molar-refractivity contribution in [3.05, 3.63) is 71.8 Å². The molecule has 1 saturated heterocycles. The van der Waals surface area contributed by atoms with Crippen LogP contribution >= 0.6 is 0 Å². The van der Waals surface area contributed by atoms with Crippen molar-refractivity contribution in [3.63, 3.8) is 0 Å². The van der Waals surface area contributed by atoms with Crippen molar-refractivity contribution in [2.75, 3.05) is 6.61 Å². The van der Waals surface area contributed by atoms with Crippen LogP contribution in [0.4, 0.5) is 0 Å². The topological polar surface area (TPSA) is 9.23 Å². The molecular weight excluding hydrogens is 244 g/mol. The van der Waals surface area contributed by atoms with E-state index in [4.69, 9.17) is 4.74 Å². The Morgan fingerprint density at radius 1 is 0.850 bits per heavy atom. The summed E-state index contributed by atoms with van der Waals surface area (Å²) in [5.41, 5.74) is 2.79. The quantitative estimate of drug-likeness (QED) is 0.774. The van der Waals surface area contributed by atoms with E-state index in [2.05, 4.69) is 60.7 Å². The van der Waals surface area contributed by atoms with Crippen LogP contribution in [0.5, 0.6) is 0 Å². The van der Waals surface area contributed by atoms with Gasteiger partial charge >= 0.3 is 0 Å². The van der Waals surface area contributed by atoms with Gasteiger partial charge in [0.1, 0.15) is 0 Å². The molecular formula is C19H22O. The largest absolute Gasteiger partial charge is 0.378 e. The molecule has 2 aromatic rings. The maximum absolute atomic E-state index is 5.95. The minimum Gasteiger partial charge on any atom is -0.378 e. The summed E-state index contributed by atoms with van der Waals surface area (Å²) in [6, 6.07) is 21.6. The van der Waals surface area contributed by atoms with E-state index in [9.17, 15) is 0 Å². The molecule has 1 heteroatoms. The molecule has 1 fully saturated rings. The normalized spacial score (nSPS) is 19.1. The van der Waals surface area contributed by atoms with Crippen LogP contribution in [0.3, 0.4) is 0 Å². The molecule has 104 valence electrons. The van der Waals surface area contributed by atoms with Crippen LogP contribution in [-0.4, -0.2) is 12.7 Å². The van der Waals surface area contributed by atoms with Gasteiger partial charge in [-0.25, -0.2) is 0 Å². The highest BCUT2D eigenvalue weighted by molar-refractivity contribution is 5.32. The van der Waals surface area contributed by atoms with Crippen LogP contribution < -0.4 is 0 Å². The minimum atomic E-state index is 0.411. The highest BCUT2D eigenvalue weighted by Gasteiger charge is 2.21. The molecule has 0 amide bonds. The van der Waals surface area contributed by atoms with Gasteiger partial charge in [0, 0.05) is 12.5 Å². The summed E-state index contributed by atoms with van der Waals surface area (Å²) in [7, 11) is 0. The Kier molecular flexibility index (Phi) is 4.49. The molecule has 0 aliphatic carbocycles. The molecule has 0 N–H and O–H groups in total. The van der Waals surface area contributed by atoms with Crippen molar-refractivity contribution in [3.8, 4) is 0 Å². The van der Waals surface area contributed by atoms with Gasteiger partial charge in [0.2, 0.25) is 0 Å². The average Bonchev–Trinajstić information content (AvgIpc) is 2.55. The summed E-state index contributed by atoms with van der Waals surface area (Å²) in [5, 5.41) is 0. The third-order valence-electron chi connectivity index (χ3n) is 4.18. The first-order valence-electron chi connectivity index (χ1n) is 7.65. The molecule has 1 aliphatic rings. The van der Waals surface area contributed by atoms with Gasteiger partial charge in [0.15, 0.2) is 0 Å². The zero-order chi connectivity index (χ0) is 13.6. The van der Waals surface area contributed by atoms with Crippen molar-refractivity contribution in [2.24, 2.45) is 0 Å². The van der Waals surface area contributed by atoms with Crippen LogP contribution in [0.15, 0.2) is 60.7 Å². The van der Waals surface area contributed by atoms with E-state index in [1.54, 1.807) is 0 Å². The summed E-state index contributed by atoms with van der Waals surface area (Å²) in [6.07, 6.45) is 5.23. The molecule has 1 atom stereocenters. The van der Waals surface area contributed by atoms with Crippen LogP contribution in [0, 0.1) is 0 Å². The Labute approximate surface area is 121 Å². The van der Waals surface area contributed by atoms with Gasteiger partial charge in [-0.1, -0.05) is 60.7 Å². The number of benzene rings is 2. The van der Waals surface area contributed by atoms with E-state index in [1.165, 1.54) is 30.4 Å². The van der Waals surface area contributed by atoms with E-state index in [0.29, 0.717) is 12.0 Å². The third-order valence-corrected chi connectivity index (χ3v) is 4.18. The standard InChI is InChI=1S/C19H22O/c1-3-9-16(10-4-1)19(17-11-5-2-6-12-17)15-18-13-7-8-14-20-18/h1-6,9-12,18-19H,7-8,13-15H2. The average molecular weight is 266 g/mol. The Bertz CT molecular complexity index is 460. The van der Waals surface area contributed by atoms with Crippen LogP contribution in [0.25, 0.3) is 0 Å². The van der Waals surface area contributed by atoms with Gasteiger partial charge in [-0.2, -0.15) is 0 Å². The third kappa shape index (κ3) is 3.29. The molecule has 0 saturated carbocycles. The van der Waals surface area contributed by atoms with E-state index < -0.39 is 0 Å². The first-order chi connectivity index (χ1) is 9.93. The van der Waals surface area contributed by atoms with Crippen molar-refractivity contribution >= 4 is 0 Å². The number of rotatable bonds is 4. The molecule has 0 aromatic heterocycles. The highest BCUT2D eigenvalue weighted by atomic mass is 16.5. The summed E-state index contributed by atoms with van der Waals surface area (Å²) in [5.74, 6) is 0.445. The van der Waals surface area contributed by atoms with Gasteiger partial charge in [0.05, 0.1) is 6.10 Å². The molecule has 1 unspecified atom stereocenters. The van der Waals surface area contributed by atoms with Gasteiger partial charge in [-0.3, -0.25) is 0 Å². The molecule has 1 heterocycles.